The van der Waals surface area contributed by atoms with Crippen molar-refractivity contribution in [1.29, 1.82) is 0 Å². The fraction of sp³-hybridized carbons (Fsp3) is 0.533. The zero-order valence-electron chi connectivity index (χ0n) is 12.2. The summed E-state index contributed by atoms with van der Waals surface area (Å²) < 4.78 is 27.3. The topological polar surface area (TPSA) is 58.4 Å². The molecule has 1 heterocycles. The number of anilines is 1. The van der Waals surface area contributed by atoms with Gasteiger partial charge in [-0.15, -0.1) is 0 Å². The largest absolute Gasteiger partial charge is 0.396 e. The number of nitrogens with one attached hydrogen (secondary N) is 1. The number of piperidine rings is 1. The van der Waals surface area contributed by atoms with Crippen LogP contribution in [0.2, 0.25) is 0 Å². The number of benzene rings is 1. The summed E-state index contributed by atoms with van der Waals surface area (Å²) >= 11 is 0. The number of carbonyl (C=O) groups is 1. The van der Waals surface area contributed by atoms with Crippen molar-refractivity contribution >= 4 is 11.6 Å². The second-order valence-electron chi connectivity index (χ2n) is 5.62. The van der Waals surface area contributed by atoms with E-state index >= 15 is 0 Å². The molecular weight excluding hydrogens is 276 g/mol. The number of halogens is 2. The Hall–Kier alpha value is -1.69. The molecule has 1 amide bonds. The number of nitrogen functional groups attached to an aromatic ring is 1. The summed E-state index contributed by atoms with van der Waals surface area (Å²) in [6, 6.07) is 2.12. The molecule has 1 aromatic rings. The van der Waals surface area contributed by atoms with Crippen molar-refractivity contribution in [2.75, 3.05) is 32.4 Å². The minimum atomic E-state index is -0.994. The van der Waals surface area contributed by atoms with Gasteiger partial charge in [-0.25, -0.2) is 8.78 Å². The van der Waals surface area contributed by atoms with E-state index in [2.05, 4.69) is 17.3 Å². The number of amides is 1. The van der Waals surface area contributed by atoms with Crippen LogP contribution in [0.25, 0.3) is 0 Å². The van der Waals surface area contributed by atoms with Gasteiger partial charge in [-0.2, -0.15) is 0 Å². The smallest absolute Gasteiger partial charge is 0.257 e. The summed E-state index contributed by atoms with van der Waals surface area (Å²) in [5, 5.41) is 2.58. The highest BCUT2D eigenvalue weighted by molar-refractivity contribution is 5.95. The van der Waals surface area contributed by atoms with Crippen LogP contribution in [-0.4, -0.2) is 37.5 Å². The molecule has 0 atom stereocenters. The van der Waals surface area contributed by atoms with Gasteiger partial charge in [-0.1, -0.05) is 0 Å². The molecule has 0 spiro atoms. The van der Waals surface area contributed by atoms with Crippen LogP contribution >= 0.6 is 0 Å². The van der Waals surface area contributed by atoms with Crippen LogP contribution in [0, 0.1) is 17.6 Å². The van der Waals surface area contributed by atoms with Crippen LogP contribution in [0.5, 0.6) is 0 Å². The Morgan fingerprint density at radius 3 is 2.71 bits per heavy atom. The predicted molar refractivity (Wildman–Crippen MR) is 77.9 cm³/mol. The van der Waals surface area contributed by atoms with Crippen LogP contribution < -0.4 is 11.1 Å². The standard InChI is InChI=1S/C15H21F2N3O/c1-20-8-5-10(6-9-20)4-7-19-15(21)13-11(16)2-3-12(18)14(13)17/h2-3,10H,4-9,18H2,1H3,(H,19,21). The van der Waals surface area contributed by atoms with Gasteiger partial charge in [0.2, 0.25) is 0 Å². The van der Waals surface area contributed by atoms with Gasteiger partial charge < -0.3 is 16.0 Å². The van der Waals surface area contributed by atoms with Crippen LogP contribution in [-0.2, 0) is 0 Å². The minimum Gasteiger partial charge on any atom is -0.396 e. The lowest BCUT2D eigenvalue weighted by molar-refractivity contribution is 0.0940. The highest BCUT2D eigenvalue weighted by Gasteiger charge is 2.20. The number of nitrogens with two attached hydrogens (primary N) is 1. The quantitative estimate of drug-likeness (QED) is 0.836. The maximum Gasteiger partial charge on any atom is 0.257 e. The third kappa shape index (κ3) is 3.91. The van der Waals surface area contributed by atoms with E-state index in [0.29, 0.717) is 12.5 Å². The molecule has 1 aliphatic heterocycles. The third-order valence-electron chi connectivity index (χ3n) is 4.02. The third-order valence-corrected chi connectivity index (χ3v) is 4.02. The number of likely N-dealkylation sites (tertiary alicyclic amines) is 1. The summed E-state index contributed by atoms with van der Waals surface area (Å²) in [6.45, 7) is 2.52. The van der Waals surface area contributed by atoms with E-state index in [-0.39, 0.29) is 5.69 Å². The van der Waals surface area contributed by atoms with Crippen molar-refractivity contribution in [3.8, 4) is 0 Å². The Labute approximate surface area is 123 Å². The lowest BCUT2D eigenvalue weighted by Gasteiger charge is -2.28. The molecule has 0 bridgehead atoms. The van der Waals surface area contributed by atoms with Crippen molar-refractivity contribution in [1.82, 2.24) is 10.2 Å². The molecule has 1 fully saturated rings. The van der Waals surface area contributed by atoms with Crippen LogP contribution in [0.1, 0.15) is 29.6 Å². The second kappa shape index (κ2) is 6.85. The Morgan fingerprint density at radius 1 is 1.38 bits per heavy atom. The number of carbonyl (C=O) groups excluding carboxylic acids is 1. The van der Waals surface area contributed by atoms with Gasteiger partial charge in [0.15, 0.2) is 5.82 Å². The van der Waals surface area contributed by atoms with Crippen molar-refractivity contribution in [2.24, 2.45) is 5.92 Å². The highest BCUT2D eigenvalue weighted by Crippen LogP contribution is 2.20. The summed E-state index contributed by atoms with van der Waals surface area (Å²) in [4.78, 5) is 14.1. The first kappa shape index (κ1) is 15.7. The van der Waals surface area contributed by atoms with Gasteiger partial charge in [0, 0.05) is 6.54 Å². The Kier molecular flexibility index (Phi) is 5.12. The lowest BCUT2D eigenvalue weighted by atomic mass is 9.94. The molecule has 116 valence electrons. The van der Waals surface area contributed by atoms with Gasteiger partial charge in [-0.05, 0) is 57.5 Å². The first-order valence-electron chi connectivity index (χ1n) is 7.19. The Bertz CT molecular complexity index is 514. The van der Waals surface area contributed by atoms with E-state index in [1.54, 1.807) is 0 Å². The summed E-state index contributed by atoms with van der Waals surface area (Å²) in [5.74, 6) is -2.08. The van der Waals surface area contributed by atoms with Crippen molar-refractivity contribution in [3.63, 3.8) is 0 Å². The van der Waals surface area contributed by atoms with E-state index in [1.807, 2.05) is 0 Å². The number of hydrogen-bond acceptors (Lipinski definition) is 3. The molecule has 0 aromatic heterocycles. The zero-order chi connectivity index (χ0) is 15.4. The van der Waals surface area contributed by atoms with E-state index in [4.69, 9.17) is 5.73 Å². The van der Waals surface area contributed by atoms with E-state index in [9.17, 15) is 13.6 Å². The fourth-order valence-electron chi connectivity index (χ4n) is 2.61. The number of hydrogen-bond donors (Lipinski definition) is 2. The zero-order valence-corrected chi connectivity index (χ0v) is 12.2. The number of rotatable bonds is 4. The van der Waals surface area contributed by atoms with Crippen LogP contribution in [0.4, 0.5) is 14.5 Å². The molecule has 21 heavy (non-hydrogen) atoms. The lowest BCUT2D eigenvalue weighted by Crippen LogP contribution is -2.33. The van der Waals surface area contributed by atoms with Gasteiger partial charge in [0.25, 0.3) is 5.91 Å². The van der Waals surface area contributed by atoms with Crippen LogP contribution in [0.15, 0.2) is 12.1 Å². The minimum absolute atomic E-state index is 0.225. The predicted octanol–water partition coefficient (Wildman–Crippen LogP) is 2.01. The second-order valence-corrected chi connectivity index (χ2v) is 5.62. The monoisotopic (exact) mass is 297 g/mol. The SMILES string of the molecule is CN1CCC(CCNC(=O)c2c(F)ccc(N)c2F)CC1. The van der Waals surface area contributed by atoms with Crippen molar-refractivity contribution in [2.45, 2.75) is 19.3 Å². The first-order valence-corrected chi connectivity index (χ1v) is 7.19. The molecule has 1 saturated heterocycles. The first-order chi connectivity index (χ1) is 9.99. The molecule has 1 aliphatic rings. The molecule has 0 aliphatic carbocycles. The normalized spacial score (nSPS) is 16.9. The van der Waals surface area contributed by atoms with E-state index in [0.717, 1.165) is 44.5 Å². The molecule has 1 aromatic carbocycles. The molecule has 4 nitrogen and oxygen atoms in total. The van der Waals surface area contributed by atoms with Gasteiger partial charge in [-0.3, -0.25) is 4.79 Å². The molecule has 0 radical (unpaired) electrons. The summed E-state index contributed by atoms with van der Waals surface area (Å²) in [6.07, 6.45) is 3.01. The summed E-state index contributed by atoms with van der Waals surface area (Å²) in [5.41, 5.74) is 4.54. The summed E-state index contributed by atoms with van der Waals surface area (Å²) in [7, 11) is 2.09. The number of nitrogens with zero attached hydrogens (tertiary/aromatic N) is 1. The maximum atomic E-state index is 13.7. The van der Waals surface area contributed by atoms with Gasteiger partial charge >= 0.3 is 0 Å². The molecule has 2 rings (SSSR count). The van der Waals surface area contributed by atoms with E-state index < -0.39 is 23.1 Å². The fourth-order valence-corrected chi connectivity index (χ4v) is 2.61. The van der Waals surface area contributed by atoms with Crippen LogP contribution in [0.3, 0.4) is 0 Å². The Morgan fingerprint density at radius 2 is 2.05 bits per heavy atom. The highest BCUT2D eigenvalue weighted by atomic mass is 19.1. The average molecular weight is 297 g/mol. The average Bonchev–Trinajstić information content (AvgIpc) is 2.45. The maximum absolute atomic E-state index is 13.7. The molecular formula is C15H21F2N3O. The van der Waals surface area contributed by atoms with Gasteiger partial charge in [0.1, 0.15) is 11.4 Å². The molecule has 6 heteroatoms. The van der Waals surface area contributed by atoms with Crippen molar-refractivity contribution < 1.29 is 13.6 Å². The Balaban J connectivity index is 1.86. The molecule has 0 saturated carbocycles. The van der Waals surface area contributed by atoms with Gasteiger partial charge in [0.05, 0.1) is 5.69 Å². The molecule has 3 N–H and O–H groups in total. The van der Waals surface area contributed by atoms with E-state index in [1.165, 1.54) is 0 Å². The van der Waals surface area contributed by atoms with Crippen molar-refractivity contribution in [3.05, 3.63) is 29.3 Å². The molecule has 0 unspecified atom stereocenters.